The quantitative estimate of drug-likeness (QED) is 0.479. The molecular weight excluding hydrogens is 484 g/mol. The molecule has 1 aliphatic heterocycles. The Hall–Kier alpha value is -2.40. The Bertz CT molecular complexity index is 1270. The van der Waals surface area contributed by atoms with Gasteiger partial charge in [0.1, 0.15) is 11.3 Å². The molecule has 0 radical (unpaired) electrons. The van der Waals surface area contributed by atoms with Gasteiger partial charge >= 0.3 is 0 Å². The summed E-state index contributed by atoms with van der Waals surface area (Å²) >= 11 is 7.51. The molecule has 2 N–H and O–H groups in total. The molecule has 0 spiro atoms. The fourth-order valence-electron chi connectivity index (χ4n) is 4.08. The van der Waals surface area contributed by atoms with Gasteiger partial charge in [0.15, 0.2) is 0 Å². The number of aromatic nitrogens is 1. The van der Waals surface area contributed by atoms with E-state index >= 15 is 0 Å². The maximum atomic E-state index is 13.0. The third kappa shape index (κ3) is 4.93. The molecule has 0 saturated carbocycles. The lowest BCUT2D eigenvalue weighted by molar-refractivity contribution is 0.0962. The van der Waals surface area contributed by atoms with Crippen LogP contribution in [0, 0.1) is 11.8 Å². The summed E-state index contributed by atoms with van der Waals surface area (Å²) in [7, 11) is -2.05. The van der Waals surface area contributed by atoms with E-state index in [-0.39, 0.29) is 4.90 Å². The van der Waals surface area contributed by atoms with Crippen molar-refractivity contribution in [3.05, 3.63) is 47.0 Å². The summed E-state index contributed by atoms with van der Waals surface area (Å²) < 4.78 is 33.6. The number of ether oxygens (including phenoxy) is 1. The first-order valence-corrected chi connectivity index (χ1v) is 13.1. The van der Waals surface area contributed by atoms with Crippen LogP contribution < -0.4 is 15.6 Å². The molecule has 1 aromatic heterocycles. The van der Waals surface area contributed by atoms with Gasteiger partial charge in [0.25, 0.3) is 5.91 Å². The van der Waals surface area contributed by atoms with Crippen LogP contribution in [0.4, 0.5) is 5.13 Å². The highest BCUT2D eigenvalue weighted by Gasteiger charge is 2.31. The van der Waals surface area contributed by atoms with Gasteiger partial charge in [-0.05, 0) is 54.7 Å². The lowest BCUT2D eigenvalue weighted by Crippen LogP contribution is -2.42. The van der Waals surface area contributed by atoms with Gasteiger partial charge in [-0.15, -0.1) is 0 Å². The Morgan fingerprint density at radius 3 is 2.45 bits per heavy atom. The van der Waals surface area contributed by atoms with E-state index in [9.17, 15) is 13.2 Å². The Labute approximate surface area is 201 Å². The normalized spacial score (nSPS) is 19.4. The Morgan fingerprint density at radius 2 is 1.82 bits per heavy atom. The minimum absolute atomic E-state index is 0.182. The molecule has 2 heterocycles. The van der Waals surface area contributed by atoms with Crippen molar-refractivity contribution in [2.75, 3.05) is 25.6 Å². The number of halogens is 1. The van der Waals surface area contributed by atoms with Crippen LogP contribution in [-0.4, -0.2) is 43.8 Å². The van der Waals surface area contributed by atoms with E-state index in [1.54, 1.807) is 19.2 Å². The van der Waals surface area contributed by atoms with E-state index in [0.29, 0.717) is 51.9 Å². The van der Waals surface area contributed by atoms with E-state index in [0.717, 1.165) is 11.1 Å². The Kier molecular flexibility index (Phi) is 6.81. The number of sulfonamides is 1. The molecule has 1 fully saturated rings. The standard InChI is InChI=1S/C22H25ClN4O4S2/c1-13-10-14(2)12-27(11-13)33(29,30)16-6-4-15(5-7-16)21(28)25-26-22-24-19-18(31-3)9-8-17(23)20(19)32-22/h4-9,13-14H,10-12H2,1-3H3,(H,24,26)(H,25,28)/t13-,14-/m0/s1. The van der Waals surface area contributed by atoms with Gasteiger partial charge in [-0.2, -0.15) is 4.31 Å². The third-order valence-corrected chi connectivity index (χ3v) is 8.83. The monoisotopic (exact) mass is 508 g/mol. The van der Waals surface area contributed by atoms with E-state index < -0.39 is 15.9 Å². The number of nitrogens with one attached hydrogen (secondary N) is 2. The van der Waals surface area contributed by atoms with Gasteiger partial charge in [0.05, 0.1) is 21.7 Å². The van der Waals surface area contributed by atoms with E-state index in [4.69, 9.17) is 16.3 Å². The molecule has 33 heavy (non-hydrogen) atoms. The smallest absolute Gasteiger partial charge is 0.269 e. The van der Waals surface area contributed by atoms with E-state index in [2.05, 4.69) is 29.7 Å². The molecule has 0 aliphatic carbocycles. The molecule has 8 nitrogen and oxygen atoms in total. The molecule has 3 aromatic rings. The van der Waals surface area contributed by atoms with Crippen LogP contribution >= 0.6 is 22.9 Å². The summed E-state index contributed by atoms with van der Waals surface area (Å²) in [6.45, 7) is 5.15. The first-order chi connectivity index (χ1) is 15.7. The minimum atomic E-state index is -3.60. The summed E-state index contributed by atoms with van der Waals surface area (Å²) in [6.07, 6.45) is 1.02. The number of rotatable bonds is 6. The van der Waals surface area contributed by atoms with E-state index in [1.807, 2.05) is 0 Å². The molecule has 1 amide bonds. The number of anilines is 1. The van der Waals surface area contributed by atoms with Crippen molar-refractivity contribution in [2.45, 2.75) is 25.2 Å². The molecule has 0 bridgehead atoms. The molecule has 0 unspecified atom stereocenters. The van der Waals surface area contributed by atoms with Crippen LogP contribution in [0.2, 0.25) is 5.02 Å². The number of nitrogens with zero attached hydrogens (tertiary/aromatic N) is 2. The zero-order chi connectivity index (χ0) is 23.8. The molecule has 176 valence electrons. The number of hydrogen-bond acceptors (Lipinski definition) is 7. The topological polar surface area (TPSA) is 101 Å². The highest BCUT2D eigenvalue weighted by molar-refractivity contribution is 7.89. The molecule has 11 heteroatoms. The Balaban J connectivity index is 1.45. The number of piperidine rings is 1. The first-order valence-electron chi connectivity index (χ1n) is 10.5. The number of amides is 1. The number of methoxy groups -OCH3 is 1. The van der Waals surface area contributed by atoms with Crippen LogP contribution in [-0.2, 0) is 10.0 Å². The first kappa shape index (κ1) is 23.7. The van der Waals surface area contributed by atoms with Gasteiger partial charge in [0, 0.05) is 18.7 Å². The average Bonchev–Trinajstić information content (AvgIpc) is 3.22. The van der Waals surface area contributed by atoms with E-state index in [1.165, 1.54) is 39.9 Å². The number of fused-ring (bicyclic) bond motifs is 1. The van der Waals surface area contributed by atoms with Crippen molar-refractivity contribution in [2.24, 2.45) is 11.8 Å². The average molecular weight is 509 g/mol. The minimum Gasteiger partial charge on any atom is -0.494 e. The second kappa shape index (κ2) is 9.46. The second-order valence-corrected chi connectivity index (χ2v) is 11.7. The van der Waals surface area contributed by atoms with Crippen LogP contribution in [0.3, 0.4) is 0 Å². The SMILES string of the molecule is COc1ccc(Cl)c2sc(NNC(=O)c3ccc(S(=O)(=O)N4C[C@@H](C)C[C@H](C)C4)cc3)nc12. The summed E-state index contributed by atoms with van der Waals surface area (Å²) in [6, 6.07) is 9.39. The van der Waals surface area contributed by atoms with Crippen LogP contribution in [0.25, 0.3) is 10.2 Å². The maximum absolute atomic E-state index is 13.0. The number of hydrogen-bond donors (Lipinski definition) is 2. The predicted molar refractivity (Wildman–Crippen MR) is 130 cm³/mol. The highest BCUT2D eigenvalue weighted by Crippen LogP contribution is 2.37. The molecule has 2 atom stereocenters. The molecular formula is C22H25ClN4O4S2. The summed E-state index contributed by atoms with van der Waals surface area (Å²) in [5.74, 6) is 0.796. The molecule has 1 aliphatic rings. The Morgan fingerprint density at radius 1 is 1.15 bits per heavy atom. The number of benzene rings is 2. The van der Waals surface area contributed by atoms with Crippen molar-refractivity contribution >= 4 is 54.2 Å². The van der Waals surface area contributed by atoms with Crippen molar-refractivity contribution in [3.8, 4) is 5.75 Å². The van der Waals surface area contributed by atoms with Crippen molar-refractivity contribution < 1.29 is 17.9 Å². The van der Waals surface area contributed by atoms with Crippen molar-refractivity contribution in [3.63, 3.8) is 0 Å². The number of hydrazine groups is 1. The third-order valence-electron chi connectivity index (χ3n) is 5.55. The van der Waals surface area contributed by atoms with Gasteiger partial charge in [-0.25, -0.2) is 13.4 Å². The van der Waals surface area contributed by atoms with Gasteiger partial charge < -0.3 is 4.74 Å². The number of thiazole rings is 1. The fourth-order valence-corrected chi connectivity index (χ4v) is 6.87. The van der Waals surface area contributed by atoms with Crippen LogP contribution in [0.1, 0.15) is 30.6 Å². The van der Waals surface area contributed by atoms with Crippen LogP contribution in [0.5, 0.6) is 5.75 Å². The van der Waals surface area contributed by atoms with Crippen molar-refractivity contribution in [1.29, 1.82) is 0 Å². The number of carbonyl (C=O) groups is 1. The van der Waals surface area contributed by atoms with Gasteiger partial charge in [0.2, 0.25) is 15.2 Å². The fraction of sp³-hybridized carbons (Fsp3) is 0.364. The highest BCUT2D eigenvalue weighted by atomic mass is 35.5. The van der Waals surface area contributed by atoms with Crippen LogP contribution in [0.15, 0.2) is 41.3 Å². The van der Waals surface area contributed by atoms with Gasteiger partial charge in [-0.1, -0.05) is 36.8 Å². The van der Waals surface area contributed by atoms with Crippen molar-refractivity contribution in [1.82, 2.24) is 14.7 Å². The molecule has 1 saturated heterocycles. The largest absolute Gasteiger partial charge is 0.494 e. The number of carbonyl (C=O) groups excluding carboxylic acids is 1. The lowest BCUT2D eigenvalue weighted by Gasteiger charge is -2.34. The summed E-state index contributed by atoms with van der Waals surface area (Å²) in [5, 5.41) is 0.981. The molecule has 4 rings (SSSR count). The summed E-state index contributed by atoms with van der Waals surface area (Å²) in [4.78, 5) is 17.2. The zero-order valence-electron chi connectivity index (χ0n) is 18.5. The predicted octanol–water partition coefficient (Wildman–Crippen LogP) is 4.38. The maximum Gasteiger partial charge on any atom is 0.269 e. The molecule has 2 aromatic carbocycles. The lowest BCUT2D eigenvalue weighted by atomic mass is 9.94. The summed E-state index contributed by atoms with van der Waals surface area (Å²) in [5.41, 5.74) is 6.28. The second-order valence-electron chi connectivity index (χ2n) is 8.32. The zero-order valence-corrected chi connectivity index (χ0v) is 20.9. The van der Waals surface area contributed by atoms with Gasteiger partial charge in [-0.3, -0.25) is 15.6 Å².